The monoisotopic (exact) mass is 312 g/mol. The molecule has 2 aromatic rings. The van der Waals surface area contributed by atoms with Crippen molar-refractivity contribution in [1.29, 1.82) is 0 Å². The molecule has 0 aliphatic carbocycles. The van der Waals surface area contributed by atoms with E-state index in [4.69, 9.17) is 0 Å². The smallest absolute Gasteiger partial charge is 0.233 e. The first-order valence-corrected chi connectivity index (χ1v) is 7.57. The molecule has 0 bridgehead atoms. The summed E-state index contributed by atoms with van der Waals surface area (Å²) in [6.45, 7) is 3.56. The fourth-order valence-corrected chi connectivity index (χ4v) is 2.67. The Bertz CT molecular complexity index is 802. The van der Waals surface area contributed by atoms with Crippen LogP contribution in [0.15, 0.2) is 30.5 Å². The van der Waals surface area contributed by atoms with Gasteiger partial charge in [0.2, 0.25) is 5.91 Å². The highest BCUT2D eigenvalue weighted by molar-refractivity contribution is 6.05. The summed E-state index contributed by atoms with van der Waals surface area (Å²) in [6, 6.07) is 6.70. The van der Waals surface area contributed by atoms with Gasteiger partial charge in [0.25, 0.3) is 0 Å². The van der Waals surface area contributed by atoms with Crippen LogP contribution in [0.2, 0.25) is 0 Å². The summed E-state index contributed by atoms with van der Waals surface area (Å²) in [6.07, 6.45) is 2.29. The summed E-state index contributed by atoms with van der Waals surface area (Å²) < 4.78 is 13.4. The minimum atomic E-state index is -0.256. The van der Waals surface area contributed by atoms with Crippen LogP contribution in [0.4, 0.5) is 10.1 Å². The second kappa shape index (κ2) is 5.91. The number of aryl methyl sites for hydroxylation is 1. The molecule has 4 nitrogen and oxygen atoms in total. The molecule has 0 fully saturated rings. The van der Waals surface area contributed by atoms with Crippen LogP contribution in [0.1, 0.15) is 24.6 Å². The molecule has 1 amide bonds. The van der Waals surface area contributed by atoms with E-state index in [0.717, 1.165) is 11.1 Å². The number of amides is 1. The molecular formula is C18H17FN2O2. The second-order valence-corrected chi connectivity index (χ2v) is 5.70. The fourth-order valence-electron chi connectivity index (χ4n) is 2.67. The molecule has 1 aliphatic heterocycles. The normalized spacial score (nSPS) is 13.3. The molecule has 3 rings (SSSR count). The van der Waals surface area contributed by atoms with Gasteiger partial charge in [-0.25, -0.2) is 4.39 Å². The van der Waals surface area contributed by atoms with Gasteiger partial charge in [-0.2, -0.15) is 0 Å². The van der Waals surface area contributed by atoms with E-state index in [1.165, 1.54) is 11.0 Å². The average molecular weight is 312 g/mol. The summed E-state index contributed by atoms with van der Waals surface area (Å²) in [4.78, 5) is 29.7. The Morgan fingerprint density at radius 2 is 2.09 bits per heavy atom. The lowest BCUT2D eigenvalue weighted by atomic mass is 10.0. The Balaban J connectivity index is 1.99. The van der Waals surface area contributed by atoms with Gasteiger partial charge in [-0.3, -0.25) is 14.6 Å². The van der Waals surface area contributed by atoms with E-state index in [1.54, 1.807) is 32.2 Å². The summed E-state index contributed by atoms with van der Waals surface area (Å²) in [5, 5.41) is 0. The quantitative estimate of drug-likeness (QED) is 0.872. The molecule has 0 saturated carbocycles. The minimum absolute atomic E-state index is 0.00855. The minimum Gasteiger partial charge on any atom is -0.303 e. The van der Waals surface area contributed by atoms with Crippen molar-refractivity contribution in [3.05, 3.63) is 47.5 Å². The molecule has 1 aromatic carbocycles. The number of benzene rings is 1. The molecule has 2 heterocycles. The molecule has 0 spiro atoms. The highest BCUT2D eigenvalue weighted by Gasteiger charge is 2.29. The SMILES string of the molecule is CCC(=O)CN1C(=O)Cc2ncc(-c3ccc(F)c(C)c3)cc21. The van der Waals surface area contributed by atoms with Crippen LogP contribution >= 0.6 is 0 Å². The van der Waals surface area contributed by atoms with Crippen molar-refractivity contribution < 1.29 is 14.0 Å². The van der Waals surface area contributed by atoms with Crippen molar-refractivity contribution in [3.8, 4) is 11.1 Å². The largest absolute Gasteiger partial charge is 0.303 e. The zero-order chi connectivity index (χ0) is 16.6. The number of carbonyl (C=O) groups is 2. The van der Waals surface area contributed by atoms with E-state index in [2.05, 4.69) is 4.98 Å². The molecule has 0 N–H and O–H groups in total. The third-order valence-electron chi connectivity index (χ3n) is 4.08. The van der Waals surface area contributed by atoms with Gasteiger partial charge in [-0.15, -0.1) is 0 Å². The molecule has 1 aromatic heterocycles. The zero-order valence-corrected chi connectivity index (χ0v) is 13.1. The number of ketones is 1. The Hall–Kier alpha value is -2.56. The first kappa shape index (κ1) is 15.3. The van der Waals surface area contributed by atoms with E-state index < -0.39 is 0 Å². The third-order valence-corrected chi connectivity index (χ3v) is 4.08. The van der Waals surface area contributed by atoms with Gasteiger partial charge in [0.15, 0.2) is 5.78 Å². The van der Waals surface area contributed by atoms with Gasteiger partial charge in [0.05, 0.1) is 24.3 Å². The maximum atomic E-state index is 13.4. The lowest BCUT2D eigenvalue weighted by Gasteiger charge is -2.16. The number of halogens is 1. The summed E-state index contributed by atoms with van der Waals surface area (Å²) in [5.74, 6) is -0.357. The highest BCUT2D eigenvalue weighted by Crippen LogP contribution is 2.32. The standard InChI is InChI=1S/C18H17FN2O2/c1-3-14(22)10-21-17-7-13(9-20-16(17)8-18(21)23)12-4-5-15(19)11(2)6-12/h4-7,9H,3,8,10H2,1-2H3. The lowest BCUT2D eigenvalue weighted by Crippen LogP contribution is -2.32. The van der Waals surface area contributed by atoms with E-state index in [-0.39, 0.29) is 30.5 Å². The predicted molar refractivity (Wildman–Crippen MR) is 85.7 cm³/mol. The van der Waals surface area contributed by atoms with Crippen molar-refractivity contribution in [2.24, 2.45) is 0 Å². The number of hydrogen-bond acceptors (Lipinski definition) is 3. The highest BCUT2D eigenvalue weighted by atomic mass is 19.1. The first-order valence-electron chi connectivity index (χ1n) is 7.57. The molecule has 1 aliphatic rings. The molecule has 23 heavy (non-hydrogen) atoms. The number of anilines is 1. The molecule has 118 valence electrons. The topological polar surface area (TPSA) is 50.3 Å². The Morgan fingerprint density at radius 3 is 2.78 bits per heavy atom. The number of rotatable bonds is 4. The molecule has 5 heteroatoms. The van der Waals surface area contributed by atoms with Crippen LogP contribution in [0.25, 0.3) is 11.1 Å². The first-order chi connectivity index (χ1) is 11.0. The van der Waals surface area contributed by atoms with Crippen molar-refractivity contribution in [2.45, 2.75) is 26.7 Å². The van der Waals surface area contributed by atoms with Gasteiger partial charge >= 0.3 is 0 Å². The predicted octanol–water partition coefficient (Wildman–Crippen LogP) is 3.06. The van der Waals surface area contributed by atoms with Crippen LogP contribution in [0.5, 0.6) is 0 Å². The van der Waals surface area contributed by atoms with Gasteiger partial charge in [0.1, 0.15) is 5.82 Å². The van der Waals surface area contributed by atoms with Crippen molar-refractivity contribution in [3.63, 3.8) is 0 Å². The number of pyridine rings is 1. The third kappa shape index (κ3) is 2.86. The molecule has 0 unspecified atom stereocenters. The van der Waals surface area contributed by atoms with Gasteiger partial charge in [-0.1, -0.05) is 13.0 Å². The molecule has 0 atom stereocenters. The maximum absolute atomic E-state index is 13.4. The zero-order valence-electron chi connectivity index (χ0n) is 13.1. The molecule has 0 saturated heterocycles. The second-order valence-electron chi connectivity index (χ2n) is 5.70. The van der Waals surface area contributed by atoms with E-state index in [0.29, 0.717) is 23.4 Å². The summed E-state index contributed by atoms with van der Waals surface area (Å²) in [5.41, 5.74) is 3.55. The maximum Gasteiger partial charge on any atom is 0.233 e. The fraction of sp³-hybridized carbons (Fsp3) is 0.278. The van der Waals surface area contributed by atoms with Crippen LogP contribution in [-0.4, -0.2) is 23.2 Å². The number of aromatic nitrogens is 1. The number of fused-ring (bicyclic) bond motifs is 1. The molecule has 0 radical (unpaired) electrons. The summed E-state index contributed by atoms with van der Waals surface area (Å²) >= 11 is 0. The average Bonchev–Trinajstić information content (AvgIpc) is 2.85. The Kier molecular flexibility index (Phi) is 3.94. The van der Waals surface area contributed by atoms with Crippen LogP contribution in [0, 0.1) is 12.7 Å². The summed E-state index contributed by atoms with van der Waals surface area (Å²) in [7, 11) is 0. The number of carbonyl (C=O) groups excluding carboxylic acids is 2. The van der Waals surface area contributed by atoms with Crippen molar-refractivity contribution in [1.82, 2.24) is 4.98 Å². The molecular weight excluding hydrogens is 295 g/mol. The number of hydrogen-bond donors (Lipinski definition) is 0. The van der Waals surface area contributed by atoms with Gasteiger partial charge in [-0.05, 0) is 36.2 Å². The van der Waals surface area contributed by atoms with Crippen LogP contribution < -0.4 is 4.90 Å². The Morgan fingerprint density at radius 1 is 1.30 bits per heavy atom. The van der Waals surface area contributed by atoms with Gasteiger partial charge < -0.3 is 4.90 Å². The Labute approximate surface area is 134 Å². The number of Topliss-reactive ketones (excluding diaryl/α,β-unsaturated/α-hetero) is 1. The van der Waals surface area contributed by atoms with Crippen LogP contribution in [-0.2, 0) is 16.0 Å². The van der Waals surface area contributed by atoms with Crippen molar-refractivity contribution >= 4 is 17.4 Å². The van der Waals surface area contributed by atoms with E-state index in [1.807, 2.05) is 6.07 Å². The van der Waals surface area contributed by atoms with E-state index in [9.17, 15) is 14.0 Å². The van der Waals surface area contributed by atoms with E-state index >= 15 is 0 Å². The number of nitrogens with zero attached hydrogens (tertiary/aromatic N) is 2. The lowest BCUT2D eigenvalue weighted by molar-refractivity contribution is -0.121. The van der Waals surface area contributed by atoms with Crippen LogP contribution in [0.3, 0.4) is 0 Å². The van der Waals surface area contributed by atoms with Gasteiger partial charge in [0, 0.05) is 18.2 Å². The van der Waals surface area contributed by atoms with Crippen molar-refractivity contribution in [2.75, 3.05) is 11.4 Å².